The molecule has 0 spiro atoms. The highest BCUT2D eigenvalue weighted by Gasteiger charge is 2.09. The molecule has 10 heavy (non-hydrogen) atoms. The second kappa shape index (κ2) is 3.34. The summed E-state index contributed by atoms with van der Waals surface area (Å²) >= 11 is 3.65. The van der Waals surface area contributed by atoms with Crippen LogP contribution in [0.5, 0.6) is 0 Å². The molecule has 1 aromatic rings. The molecule has 0 unspecified atom stereocenters. The molecule has 0 fully saturated rings. The Labute approximate surface area is 76.3 Å². The number of hydrogen-bond acceptors (Lipinski definition) is 3. The number of esters is 1. The van der Waals surface area contributed by atoms with Gasteiger partial charge in [-0.3, -0.25) is 0 Å². The average Bonchev–Trinajstić information content (AvgIpc) is 2.34. The highest BCUT2D eigenvalue weighted by molar-refractivity contribution is 14.1. The van der Waals surface area contributed by atoms with Gasteiger partial charge in [0.15, 0.2) is 0 Å². The number of methoxy groups -OCH3 is 1. The fourth-order valence-corrected chi connectivity index (χ4v) is 1.99. The SMILES string of the molecule is COC(=O)c1ccsc1I. The Kier molecular flexibility index (Phi) is 2.67. The summed E-state index contributed by atoms with van der Waals surface area (Å²) in [4.78, 5) is 10.9. The van der Waals surface area contributed by atoms with Crippen molar-refractivity contribution < 1.29 is 9.53 Å². The Balaban J connectivity index is 2.93. The van der Waals surface area contributed by atoms with E-state index in [-0.39, 0.29) is 5.97 Å². The van der Waals surface area contributed by atoms with E-state index >= 15 is 0 Å². The topological polar surface area (TPSA) is 26.3 Å². The van der Waals surface area contributed by atoms with E-state index in [0.29, 0.717) is 5.56 Å². The minimum Gasteiger partial charge on any atom is -0.465 e. The zero-order valence-corrected chi connectivity index (χ0v) is 8.23. The molecule has 0 aliphatic heterocycles. The first-order valence-corrected chi connectivity index (χ1v) is 4.53. The molecule has 54 valence electrons. The first-order valence-electron chi connectivity index (χ1n) is 2.57. The van der Waals surface area contributed by atoms with Crippen molar-refractivity contribution in [2.24, 2.45) is 0 Å². The number of hydrogen-bond donors (Lipinski definition) is 0. The molecule has 1 aromatic heterocycles. The quantitative estimate of drug-likeness (QED) is 0.576. The molecule has 0 saturated carbocycles. The lowest BCUT2D eigenvalue weighted by Gasteiger charge is -1.93. The van der Waals surface area contributed by atoms with Crippen LogP contribution >= 0.6 is 33.9 Å². The molecule has 0 aliphatic rings. The monoisotopic (exact) mass is 268 g/mol. The lowest BCUT2D eigenvalue weighted by atomic mass is 10.4. The maximum atomic E-state index is 10.9. The molecular formula is C6H5IO2S. The first-order chi connectivity index (χ1) is 4.75. The van der Waals surface area contributed by atoms with E-state index in [2.05, 4.69) is 27.3 Å². The van der Waals surface area contributed by atoms with Crippen LogP contribution in [-0.4, -0.2) is 13.1 Å². The summed E-state index contributed by atoms with van der Waals surface area (Å²) in [5, 5.41) is 1.87. The Morgan fingerprint density at radius 1 is 1.80 bits per heavy atom. The molecule has 0 radical (unpaired) electrons. The number of thiophene rings is 1. The summed E-state index contributed by atoms with van der Waals surface area (Å²) in [6.45, 7) is 0. The minimum atomic E-state index is -0.259. The second-order valence-corrected chi connectivity index (χ2v) is 4.33. The van der Waals surface area contributed by atoms with Crippen molar-refractivity contribution in [3.8, 4) is 0 Å². The van der Waals surface area contributed by atoms with Gasteiger partial charge in [-0.15, -0.1) is 11.3 Å². The van der Waals surface area contributed by atoms with E-state index < -0.39 is 0 Å². The third kappa shape index (κ3) is 1.49. The summed E-state index contributed by atoms with van der Waals surface area (Å²) in [6, 6.07) is 1.76. The van der Waals surface area contributed by atoms with E-state index in [9.17, 15) is 4.79 Å². The highest BCUT2D eigenvalue weighted by Crippen LogP contribution is 2.19. The maximum absolute atomic E-state index is 10.9. The van der Waals surface area contributed by atoms with Crippen LogP contribution in [-0.2, 0) is 4.74 Å². The predicted molar refractivity (Wildman–Crippen MR) is 48.4 cm³/mol. The fourth-order valence-electron chi connectivity index (χ4n) is 0.549. The van der Waals surface area contributed by atoms with Crippen LogP contribution < -0.4 is 0 Å². The Morgan fingerprint density at radius 3 is 2.90 bits per heavy atom. The summed E-state index contributed by atoms with van der Waals surface area (Å²) in [7, 11) is 1.38. The normalized spacial score (nSPS) is 9.40. The molecule has 1 rings (SSSR count). The van der Waals surface area contributed by atoms with E-state index in [4.69, 9.17) is 0 Å². The van der Waals surface area contributed by atoms with Crippen molar-refractivity contribution in [3.05, 3.63) is 19.9 Å². The van der Waals surface area contributed by atoms with Crippen LogP contribution in [0.2, 0.25) is 0 Å². The van der Waals surface area contributed by atoms with Crippen LogP contribution in [0, 0.1) is 2.88 Å². The van der Waals surface area contributed by atoms with Gasteiger partial charge in [0, 0.05) is 0 Å². The second-order valence-electron chi connectivity index (χ2n) is 1.60. The van der Waals surface area contributed by atoms with Crippen LogP contribution in [0.15, 0.2) is 11.4 Å². The van der Waals surface area contributed by atoms with Gasteiger partial charge in [-0.05, 0) is 34.0 Å². The van der Waals surface area contributed by atoms with E-state index in [0.717, 1.165) is 2.88 Å². The molecule has 0 saturated heterocycles. The van der Waals surface area contributed by atoms with Gasteiger partial charge in [0.05, 0.1) is 15.6 Å². The van der Waals surface area contributed by atoms with Gasteiger partial charge >= 0.3 is 5.97 Å². The van der Waals surface area contributed by atoms with Crippen molar-refractivity contribution in [2.45, 2.75) is 0 Å². The molecule has 2 nitrogen and oxygen atoms in total. The van der Waals surface area contributed by atoms with Crippen molar-refractivity contribution in [1.82, 2.24) is 0 Å². The molecule has 0 bridgehead atoms. The van der Waals surface area contributed by atoms with Crippen molar-refractivity contribution in [2.75, 3.05) is 7.11 Å². The Bertz CT molecular complexity index is 244. The fraction of sp³-hybridized carbons (Fsp3) is 0.167. The molecular weight excluding hydrogens is 263 g/mol. The van der Waals surface area contributed by atoms with Gasteiger partial charge in [-0.25, -0.2) is 4.79 Å². The smallest absolute Gasteiger partial charge is 0.339 e. The largest absolute Gasteiger partial charge is 0.465 e. The number of rotatable bonds is 1. The molecule has 0 atom stereocenters. The third-order valence-corrected chi connectivity index (χ3v) is 3.07. The van der Waals surface area contributed by atoms with E-state index in [1.54, 1.807) is 6.07 Å². The summed E-state index contributed by atoms with van der Waals surface area (Å²) in [5.41, 5.74) is 0.660. The molecule has 4 heteroatoms. The highest BCUT2D eigenvalue weighted by atomic mass is 127. The Morgan fingerprint density at radius 2 is 2.50 bits per heavy atom. The average molecular weight is 268 g/mol. The number of carbonyl (C=O) groups is 1. The van der Waals surface area contributed by atoms with Crippen LogP contribution in [0.1, 0.15) is 10.4 Å². The standard InChI is InChI=1S/C6H5IO2S/c1-9-6(8)4-2-3-10-5(4)7/h2-3H,1H3. The van der Waals surface area contributed by atoms with Crippen molar-refractivity contribution >= 4 is 39.9 Å². The van der Waals surface area contributed by atoms with E-state index in [1.807, 2.05) is 5.38 Å². The zero-order valence-electron chi connectivity index (χ0n) is 5.26. The lowest BCUT2D eigenvalue weighted by molar-refractivity contribution is 0.0600. The number of ether oxygens (including phenoxy) is 1. The summed E-state index contributed by atoms with van der Waals surface area (Å²) < 4.78 is 5.51. The lowest BCUT2D eigenvalue weighted by Crippen LogP contribution is -2.00. The molecule has 0 aliphatic carbocycles. The van der Waals surface area contributed by atoms with Crippen LogP contribution in [0.3, 0.4) is 0 Å². The Hall–Kier alpha value is -0.100. The van der Waals surface area contributed by atoms with Crippen LogP contribution in [0.4, 0.5) is 0 Å². The number of carbonyl (C=O) groups excluding carboxylic acids is 1. The first kappa shape index (κ1) is 8.00. The van der Waals surface area contributed by atoms with Gasteiger partial charge in [0.2, 0.25) is 0 Å². The molecule has 0 aromatic carbocycles. The van der Waals surface area contributed by atoms with Gasteiger partial charge in [-0.1, -0.05) is 0 Å². The third-order valence-electron chi connectivity index (χ3n) is 1.02. The van der Waals surface area contributed by atoms with Gasteiger partial charge < -0.3 is 4.74 Å². The maximum Gasteiger partial charge on any atom is 0.339 e. The summed E-state index contributed by atoms with van der Waals surface area (Å²) in [6.07, 6.45) is 0. The van der Waals surface area contributed by atoms with E-state index in [1.165, 1.54) is 18.4 Å². The molecule has 0 N–H and O–H groups in total. The van der Waals surface area contributed by atoms with Gasteiger partial charge in [-0.2, -0.15) is 0 Å². The van der Waals surface area contributed by atoms with Crippen molar-refractivity contribution in [3.63, 3.8) is 0 Å². The zero-order chi connectivity index (χ0) is 7.56. The molecule has 0 amide bonds. The number of halogens is 1. The minimum absolute atomic E-state index is 0.259. The van der Waals surface area contributed by atoms with Gasteiger partial charge in [0.1, 0.15) is 0 Å². The van der Waals surface area contributed by atoms with Crippen LogP contribution in [0.25, 0.3) is 0 Å². The van der Waals surface area contributed by atoms with Crippen molar-refractivity contribution in [1.29, 1.82) is 0 Å². The molecule has 1 heterocycles. The van der Waals surface area contributed by atoms with Gasteiger partial charge in [0.25, 0.3) is 0 Å². The summed E-state index contributed by atoms with van der Waals surface area (Å²) in [5.74, 6) is -0.259. The predicted octanol–water partition coefficient (Wildman–Crippen LogP) is 2.14.